The van der Waals surface area contributed by atoms with E-state index in [1.807, 2.05) is 0 Å². The van der Waals surface area contributed by atoms with Gasteiger partial charge >= 0.3 is 0 Å². The monoisotopic (exact) mass is 311 g/mol. The molecule has 0 saturated heterocycles. The van der Waals surface area contributed by atoms with Crippen molar-refractivity contribution >= 4 is 10.8 Å². The molecule has 0 bridgehead atoms. The van der Waals surface area contributed by atoms with E-state index in [4.69, 9.17) is 0 Å². The maximum Gasteiger partial charge on any atom is 0.123 e. The number of halogens is 1. The lowest BCUT2D eigenvalue weighted by atomic mass is 9.79. The number of rotatable bonds is 5. The zero-order chi connectivity index (χ0) is 15.4. The summed E-state index contributed by atoms with van der Waals surface area (Å²) in [6.07, 6.45) is 3.26. The van der Waals surface area contributed by atoms with Crippen LogP contribution in [0.25, 0.3) is 0 Å². The van der Waals surface area contributed by atoms with Gasteiger partial charge in [-0.2, -0.15) is 0 Å². The standard InChI is InChI=1S/C17H26FNOS/c1-4-19-16-10-5-13(12(2)3)11-17(16)21(20)15-8-6-14(18)7-9-15/h6-9,12-13,16-17,19H,4-5,10-11H2,1-3H3. The first kappa shape index (κ1) is 16.6. The van der Waals surface area contributed by atoms with Crippen LogP contribution in [0.3, 0.4) is 0 Å². The van der Waals surface area contributed by atoms with Gasteiger partial charge in [0, 0.05) is 10.9 Å². The molecule has 0 aromatic heterocycles. The molecular weight excluding hydrogens is 285 g/mol. The number of benzene rings is 1. The Morgan fingerprint density at radius 3 is 2.52 bits per heavy atom. The molecule has 0 radical (unpaired) electrons. The van der Waals surface area contributed by atoms with Crippen LogP contribution in [0.2, 0.25) is 0 Å². The van der Waals surface area contributed by atoms with E-state index in [0.29, 0.717) is 17.9 Å². The summed E-state index contributed by atoms with van der Waals surface area (Å²) in [6, 6.07) is 6.42. The highest BCUT2D eigenvalue weighted by Gasteiger charge is 2.35. The van der Waals surface area contributed by atoms with Gasteiger partial charge in [-0.1, -0.05) is 20.8 Å². The Hall–Kier alpha value is -0.740. The topological polar surface area (TPSA) is 29.1 Å². The Morgan fingerprint density at radius 1 is 1.29 bits per heavy atom. The average molecular weight is 311 g/mol. The van der Waals surface area contributed by atoms with Crippen molar-refractivity contribution in [3.63, 3.8) is 0 Å². The van der Waals surface area contributed by atoms with E-state index in [1.54, 1.807) is 12.1 Å². The highest BCUT2D eigenvalue weighted by atomic mass is 32.2. The molecule has 0 spiro atoms. The average Bonchev–Trinajstić information content (AvgIpc) is 2.48. The van der Waals surface area contributed by atoms with E-state index >= 15 is 0 Å². The Morgan fingerprint density at radius 2 is 1.95 bits per heavy atom. The smallest absolute Gasteiger partial charge is 0.123 e. The Bertz CT molecular complexity index is 474. The van der Waals surface area contributed by atoms with Crippen LogP contribution >= 0.6 is 0 Å². The van der Waals surface area contributed by atoms with Crippen molar-refractivity contribution in [3.05, 3.63) is 30.1 Å². The normalized spacial score (nSPS) is 27.8. The zero-order valence-corrected chi connectivity index (χ0v) is 14.0. The Labute approximate surface area is 130 Å². The molecule has 0 amide bonds. The first-order valence-corrected chi connectivity index (χ1v) is 9.13. The van der Waals surface area contributed by atoms with Gasteiger partial charge in [-0.05, 0) is 61.9 Å². The Balaban J connectivity index is 2.18. The molecule has 21 heavy (non-hydrogen) atoms. The lowest BCUT2D eigenvalue weighted by Crippen LogP contribution is -2.47. The van der Waals surface area contributed by atoms with Gasteiger partial charge in [0.05, 0.1) is 16.0 Å². The highest BCUT2D eigenvalue weighted by Crippen LogP contribution is 2.34. The van der Waals surface area contributed by atoms with Gasteiger partial charge in [-0.25, -0.2) is 4.39 Å². The van der Waals surface area contributed by atoms with Crippen LogP contribution in [0.5, 0.6) is 0 Å². The summed E-state index contributed by atoms with van der Waals surface area (Å²) < 4.78 is 26.0. The molecule has 1 aromatic carbocycles. The molecule has 1 aromatic rings. The second-order valence-electron chi connectivity index (χ2n) is 6.27. The minimum absolute atomic E-state index is 0.122. The van der Waals surface area contributed by atoms with Gasteiger partial charge in [0.1, 0.15) is 5.82 Å². The maximum atomic E-state index is 13.0. The van der Waals surface area contributed by atoms with Crippen molar-refractivity contribution < 1.29 is 8.60 Å². The quantitative estimate of drug-likeness (QED) is 0.897. The van der Waals surface area contributed by atoms with Crippen molar-refractivity contribution in [2.24, 2.45) is 11.8 Å². The van der Waals surface area contributed by atoms with E-state index in [-0.39, 0.29) is 11.1 Å². The first-order valence-electron chi connectivity index (χ1n) is 7.92. The van der Waals surface area contributed by atoms with Gasteiger partial charge in [0.2, 0.25) is 0 Å². The molecule has 0 heterocycles. The van der Waals surface area contributed by atoms with Crippen LogP contribution in [0, 0.1) is 17.7 Å². The molecule has 1 fully saturated rings. The number of hydrogen-bond acceptors (Lipinski definition) is 2. The molecule has 4 atom stereocenters. The summed E-state index contributed by atoms with van der Waals surface area (Å²) in [4.78, 5) is 0.744. The van der Waals surface area contributed by atoms with Crippen molar-refractivity contribution in [2.45, 2.75) is 56.2 Å². The number of hydrogen-bond donors (Lipinski definition) is 1. The fourth-order valence-corrected chi connectivity index (χ4v) is 4.95. The van der Waals surface area contributed by atoms with Crippen molar-refractivity contribution in [2.75, 3.05) is 6.54 Å². The summed E-state index contributed by atoms with van der Waals surface area (Å²) in [6.45, 7) is 7.48. The highest BCUT2D eigenvalue weighted by molar-refractivity contribution is 7.85. The molecule has 1 saturated carbocycles. The van der Waals surface area contributed by atoms with Crippen LogP contribution in [-0.4, -0.2) is 22.0 Å². The summed E-state index contributed by atoms with van der Waals surface area (Å²) in [7, 11) is -1.08. The van der Waals surface area contributed by atoms with Crippen LogP contribution < -0.4 is 5.32 Å². The lowest BCUT2D eigenvalue weighted by Gasteiger charge is -2.37. The van der Waals surface area contributed by atoms with Gasteiger partial charge in [-0.3, -0.25) is 4.21 Å². The van der Waals surface area contributed by atoms with Crippen molar-refractivity contribution in [3.8, 4) is 0 Å². The summed E-state index contributed by atoms with van der Waals surface area (Å²) in [5.74, 6) is 0.984. The molecule has 2 rings (SSSR count). The predicted molar refractivity (Wildman–Crippen MR) is 86.2 cm³/mol. The summed E-state index contributed by atoms with van der Waals surface area (Å²) in [5, 5.41) is 3.61. The van der Waals surface area contributed by atoms with E-state index in [1.165, 1.54) is 18.6 Å². The van der Waals surface area contributed by atoms with E-state index in [0.717, 1.165) is 24.3 Å². The molecule has 4 unspecified atom stereocenters. The molecule has 118 valence electrons. The second kappa shape index (κ2) is 7.50. The van der Waals surface area contributed by atoms with Crippen molar-refractivity contribution in [1.82, 2.24) is 5.32 Å². The van der Waals surface area contributed by atoms with E-state index in [2.05, 4.69) is 26.1 Å². The fourth-order valence-electron chi connectivity index (χ4n) is 3.24. The third-order valence-electron chi connectivity index (χ3n) is 4.56. The predicted octanol–water partition coefficient (Wildman–Crippen LogP) is 3.74. The Kier molecular flexibility index (Phi) is 5.94. The van der Waals surface area contributed by atoms with Gasteiger partial charge in [-0.15, -0.1) is 0 Å². The largest absolute Gasteiger partial charge is 0.313 e. The minimum Gasteiger partial charge on any atom is -0.313 e. The third kappa shape index (κ3) is 4.13. The second-order valence-corrected chi connectivity index (χ2v) is 7.94. The lowest BCUT2D eigenvalue weighted by molar-refractivity contribution is 0.245. The van der Waals surface area contributed by atoms with E-state index < -0.39 is 10.8 Å². The molecule has 1 N–H and O–H groups in total. The zero-order valence-electron chi connectivity index (χ0n) is 13.1. The van der Waals surface area contributed by atoms with Crippen LogP contribution in [0.15, 0.2) is 29.2 Å². The van der Waals surface area contributed by atoms with Crippen LogP contribution in [0.1, 0.15) is 40.0 Å². The summed E-state index contributed by atoms with van der Waals surface area (Å²) >= 11 is 0. The van der Waals surface area contributed by atoms with Gasteiger partial charge in [0.15, 0.2) is 0 Å². The maximum absolute atomic E-state index is 13.0. The molecule has 1 aliphatic carbocycles. The molecule has 2 nitrogen and oxygen atoms in total. The fraction of sp³-hybridized carbons (Fsp3) is 0.647. The SMILES string of the molecule is CCNC1CCC(C(C)C)CC1S(=O)c1ccc(F)cc1. The summed E-state index contributed by atoms with van der Waals surface area (Å²) in [5.41, 5.74) is 0. The molecule has 1 aliphatic rings. The van der Waals surface area contributed by atoms with Gasteiger partial charge < -0.3 is 5.32 Å². The van der Waals surface area contributed by atoms with Crippen LogP contribution in [-0.2, 0) is 10.8 Å². The van der Waals surface area contributed by atoms with Crippen molar-refractivity contribution in [1.29, 1.82) is 0 Å². The van der Waals surface area contributed by atoms with Gasteiger partial charge in [0.25, 0.3) is 0 Å². The first-order chi connectivity index (χ1) is 10.0. The molecule has 0 aliphatic heterocycles. The molecular formula is C17H26FNOS. The number of nitrogens with one attached hydrogen (secondary N) is 1. The van der Waals surface area contributed by atoms with E-state index in [9.17, 15) is 8.60 Å². The third-order valence-corrected chi connectivity index (χ3v) is 6.37. The van der Waals surface area contributed by atoms with Crippen LogP contribution in [0.4, 0.5) is 4.39 Å². The molecule has 4 heteroatoms. The minimum atomic E-state index is -1.08.